The van der Waals surface area contributed by atoms with Gasteiger partial charge in [-0.25, -0.2) is 9.18 Å². The highest BCUT2D eigenvalue weighted by atomic mass is 79.9. The molecule has 0 aromatic heterocycles. The normalized spacial score (nSPS) is 14.2. The number of carboxylic acid groups (broad SMARTS) is 1. The molecular formula is C11H7BrF4N2O2. The summed E-state index contributed by atoms with van der Waals surface area (Å²) in [5.41, 5.74) is -4.17. The van der Waals surface area contributed by atoms with E-state index in [0.717, 1.165) is 12.1 Å². The first-order valence-corrected chi connectivity index (χ1v) is 5.80. The zero-order valence-electron chi connectivity index (χ0n) is 9.85. The third-order valence-electron chi connectivity index (χ3n) is 2.58. The molecule has 4 nitrogen and oxygen atoms in total. The van der Waals surface area contributed by atoms with Crippen LogP contribution < -0.4 is 5.32 Å². The SMILES string of the molecule is CC(Nc1ccc(C#N)c(Br)c1F)(C(=O)O)C(F)(F)F. The summed E-state index contributed by atoms with van der Waals surface area (Å²) in [5, 5.41) is 19.0. The van der Waals surface area contributed by atoms with E-state index in [1.807, 2.05) is 0 Å². The van der Waals surface area contributed by atoms with Crippen LogP contribution >= 0.6 is 15.9 Å². The van der Waals surface area contributed by atoms with Gasteiger partial charge in [0.1, 0.15) is 6.07 Å². The van der Waals surface area contributed by atoms with Crippen molar-refractivity contribution >= 4 is 27.6 Å². The lowest BCUT2D eigenvalue weighted by atomic mass is 10.0. The van der Waals surface area contributed by atoms with Gasteiger partial charge in [0.2, 0.25) is 5.54 Å². The van der Waals surface area contributed by atoms with Crippen LogP contribution in [-0.2, 0) is 4.79 Å². The first-order chi connectivity index (χ1) is 9.04. The van der Waals surface area contributed by atoms with Gasteiger partial charge in [-0.05, 0) is 35.0 Å². The maximum atomic E-state index is 13.8. The molecule has 20 heavy (non-hydrogen) atoms. The van der Waals surface area contributed by atoms with Crippen LogP contribution in [-0.4, -0.2) is 22.8 Å². The fraction of sp³-hybridized carbons (Fsp3) is 0.273. The molecule has 0 saturated carbocycles. The van der Waals surface area contributed by atoms with E-state index in [2.05, 4.69) is 15.9 Å². The summed E-state index contributed by atoms with van der Waals surface area (Å²) in [7, 11) is 0. The largest absolute Gasteiger partial charge is 0.479 e. The Morgan fingerprint density at radius 3 is 2.40 bits per heavy atom. The average Bonchev–Trinajstić information content (AvgIpc) is 2.33. The Morgan fingerprint density at radius 2 is 2.00 bits per heavy atom. The van der Waals surface area contributed by atoms with Crippen molar-refractivity contribution < 1.29 is 27.5 Å². The van der Waals surface area contributed by atoms with Crippen LogP contribution in [0.5, 0.6) is 0 Å². The van der Waals surface area contributed by atoms with Gasteiger partial charge in [0.25, 0.3) is 0 Å². The van der Waals surface area contributed by atoms with E-state index >= 15 is 0 Å². The number of carboxylic acids is 1. The minimum atomic E-state index is -5.15. The molecule has 0 radical (unpaired) electrons. The van der Waals surface area contributed by atoms with Crippen LogP contribution in [0, 0.1) is 17.1 Å². The van der Waals surface area contributed by atoms with Gasteiger partial charge in [-0.1, -0.05) is 0 Å². The van der Waals surface area contributed by atoms with Crippen molar-refractivity contribution in [2.75, 3.05) is 5.32 Å². The Kier molecular flexibility index (Phi) is 4.29. The van der Waals surface area contributed by atoms with E-state index in [9.17, 15) is 22.4 Å². The topological polar surface area (TPSA) is 73.1 Å². The molecule has 1 aromatic rings. The fourth-order valence-electron chi connectivity index (χ4n) is 1.25. The summed E-state index contributed by atoms with van der Waals surface area (Å²) in [6.45, 7) is 0.376. The highest BCUT2D eigenvalue weighted by molar-refractivity contribution is 9.10. The average molecular weight is 355 g/mol. The van der Waals surface area contributed by atoms with Gasteiger partial charge >= 0.3 is 12.1 Å². The Bertz CT molecular complexity index is 597. The lowest BCUT2D eigenvalue weighted by molar-refractivity contribution is -0.192. The van der Waals surface area contributed by atoms with Gasteiger partial charge in [-0.15, -0.1) is 0 Å². The number of aliphatic carboxylic acids is 1. The van der Waals surface area contributed by atoms with E-state index in [1.165, 1.54) is 0 Å². The van der Waals surface area contributed by atoms with Crippen molar-refractivity contribution in [3.63, 3.8) is 0 Å². The number of halogens is 5. The fourth-order valence-corrected chi connectivity index (χ4v) is 1.68. The number of hydrogen-bond acceptors (Lipinski definition) is 3. The Labute approximate surface area is 119 Å². The quantitative estimate of drug-likeness (QED) is 0.817. The maximum absolute atomic E-state index is 13.8. The number of alkyl halides is 3. The number of nitrogens with zero attached hydrogens (tertiary/aromatic N) is 1. The molecule has 0 aliphatic rings. The highest BCUT2D eigenvalue weighted by Crippen LogP contribution is 2.36. The first kappa shape index (κ1) is 16.2. The third-order valence-corrected chi connectivity index (χ3v) is 3.36. The molecule has 1 atom stereocenters. The minimum Gasteiger partial charge on any atom is -0.479 e. The van der Waals surface area contributed by atoms with Crippen molar-refractivity contribution in [3.8, 4) is 6.07 Å². The predicted molar refractivity (Wildman–Crippen MR) is 64.5 cm³/mol. The van der Waals surface area contributed by atoms with Gasteiger partial charge < -0.3 is 10.4 Å². The van der Waals surface area contributed by atoms with Crippen LogP contribution in [0.15, 0.2) is 16.6 Å². The van der Waals surface area contributed by atoms with E-state index in [0.29, 0.717) is 6.92 Å². The number of hydrogen-bond donors (Lipinski definition) is 2. The zero-order chi connectivity index (χ0) is 15.7. The van der Waals surface area contributed by atoms with E-state index in [4.69, 9.17) is 10.4 Å². The molecule has 0 spiro atoms. The number of nitriles is 1. The maximum Gasteiger partial charge on any atom is 0.422 e. The summed E-state index contributed by atoms with van der Waals surface area (Å²) in [6.07, 6.45) is -5.15. The van der Waals surface area contributed by atoms with E-state index < -0.39 is 29.2 Å². The molecule has 1 rings (SSSR count). The predicted octanol–water partition coefficient (Wildman–Crippen LogP) is 3.28. The first-order valence-electron chi connectivity index (χ1n) is 5.01. The van der Waals surface area contributed by atoms with E-state index in [1.54, 1.807) is 11.4 Å². The van der Waals surface area contributed by atoms with Crippen molar-refractivity contribution in [2.24, 2.45) is 0 Å². The minimum absolute atomic E-state index is 0.128. The van der Waals surface area contributed by atoms with Crippen LogP contribution in [0.4, 0.5) is 23.2 Å². The number of benzene rings is 1. The lowest BCUT2D eigenvalue weighted by Crippen LogP contribution is -2.55. The number of rotatable bonds is 3. The van der Waals surface area contributed by atoms with Crippen molar-refractivity contribution in [1.82, 2.24) is 0 Å². The van der Waals surface area contributed by atoms with Crippen molar-refractivity contribution in [3.05, 3.63) is 28.0 Å². The van der Waals surface area contributed by atoms with Crippen molar-refractivity contribution in [2.45, 2.75) is 18.6 Å². The molecule has 0 bridgehead atoms. The Balaban J connectivity index is 3.32. The molecule has 0 fully saturated rings. The molecule has 108 valence electrons. The summed E-state index contributed by atoms with van der Waals surface area (Å²) < 4.78 is 51.8. The number of anilines is 1. The number of carbonyl (C=O) groups is 1. The van der Waals surface area contributed by atoms with Gasteiger partial charge in [-0.2, -0.15) is 18.4 Å². The highest BCUT2D eigenvalue weighted by Gasteiger charge is 2.57. The lowest BCUT2D eigenvalue weighted by Gasteiger charge is -2.29. The van der Waals surface area contributed by atoms with Crippen LogP contribution in [0.1, 0.15) is 12.5 Å². The summed E-state index contributed by atoms with van der Waals surface area (Å²) in [4.78, 5) is 10.8. The molecule has 0 aliphatic carbocycles. The molecule has 9 heteroatoms. The van der Waals surface area contributed by atoms with E-state index in [-0.39, 0.29) is 10.0 Å². The third kappa shape index (κ3) is 2.70. The molecular weight excluding hydrogens is 348 g/mol. The van der Waals surface area contributed by atoms with Gasteiger partial charge in [0.15, 0.2) is 5.82 Å². The molecule has 0 amide bonds. The van der Waals surface area contributed by atoms with Gasteiger partial charge in [0.05, 0.1) is 15.7 Å². The molecule has 0 saturated heterocycles. The zero-order valence-corrected chi connectivity index (χ0v) is 11.4. The monoisotopic (exact) mass is 354 g/mol. The van der Waals surface area contributed by atoms with Crippen LogP contribution in [0.25, 0.3) is 0 Å². The van der Waals surface area contributed by atoms with Gasteiger partial charge in [-0.3, -0.25) is 0 Å². The Morgan fingerprint density at radius 1 is 1.45 bits per heavy atom. The summed E-state index contributed by atoms with van der Waals surface area (Å²) >= 11 is 2.72. The van der Waals surface area contributed by atoms with Crippen LogP contribution in [0.3, 0.4) is 0 Å². The molecule has 0 heterocycles. The van der Waals surface area contributed by atoms with Gasteiger partial charge in [0, 0.05) is 0 Å². The second-order valence-corrected chi connectivity index (χ2v) is 4.75. The summed E-state index contributed by atoms with van der Waals surface area (Å²) in [6, 6.07) is 3.56. The van der Waals surface area contributed by atoms with Crippen molar-refractivity contribution in [1.29, 1.82) is 5.26 Å². The molecule has 1 unspecified atom stereocenters. The summed E-state index contributed by atoms with van der Waals surface area (Å²) in [5.74, 6) is -3.38. The van der Waals surface area contributed by atoms with Crippen LogP contribution in [0.2, 0.25) is 0 Å². The second-order valence-electron chi connectivity index (χ2n) is 3.95. The Hall–Kier alpha value is -1.82. The molecule has 0 aliphatic heterocycles. The number of nitrogens with one attached hydrogen (secondary N) is 1. The molecule has 2 N–H and O–H groups in total. The smallest absolute Gasteiger partial charge is 0.422 e. The standard InChI is InChI=1S/C11H7BrF4N2O2/c1-10(9(19)20,11(14,15)16)18-6-3-2-5(4-17)7(12)8(6)13/h2-3,18H,1H3,(H,19,20). The second kappa shape index (κ2) is 5.28. The molecule has 1 aromatic carbocycles.